The van der Waals surface area contributed by atoms with Crippen LogP contribution in [0.1, 0.15) is 11.1 Å². The Hall–Kier alpha value is -7.69. The molecule has 0 aliphatic heterocycles. The zero-order valence-corrected chi connectivity index (χ0v) is 31.0. The Morgan fingerprint density at radius 3 is 1.37 bits per heavy atom. The van der Waals surface area contributed by atoms with Crippen LogP contribution in [0.2, 0.25) is 0 Å². The predicted molar refractivity (Wildman–Crippen MR) is 242 cm³/mol. The van der Waals surface area contributed by atoms with Gasteiger partial charge in [-0.05, 0) is 107 Å². The molecule has 0 atom stereocenters. The molecule has 0 spiro atoms. The van der Waals surface area contributed by atoms with Crippen LogP contribution in [0.4, 0.5) is 0 Å². The van der Waals surface area contributed by atoms with E-state index in [1.807, 2.05) is 12.2 Å². The lowest BCUT2D eigenvalue weighted by molar-refractivity contribution is 1.13. The van der Waals surface area contributed by atoms with E-state index in [0.29, 0.717) is 0 Å². The first kappa shape index (κ1) is 31.6. The third-order valence-corrected chi connectivity index (χ3v) is 11.9. The van der Waals surface area contributed by atoms with Gasteiger partial charge < -0.3 is 9.13 Å². The molecule has 0 radical (unpaired) electrons. The van der Waals surface area contributed by atoms with Gasteiger partial charge in [-0.1, -0.05) is 116 Å². The molecule has 0 aliphatic carbocycles. The topological polar surface area (TPSA) is 27.2 Å². The molecule has 12 aromatic rings. The Labute approximate surface area is 328 Å². The number of nitrogens with zero attached hydrogens (tertiary/aromatic N) is 4. The van der Waals surface area contributed by atoms with E-state index in [9.17, 15) is 0 Å². The van der Waals surface area contributed by atoms with E-state index in [-0.39, 0.29) is 0 Å². The van der Waals surface area contributed by atoms with Crippen LogP contribution in [-0.4, -0.2) is 18.5 Å². The lowest BCUT2D eigenvalue weighted by Crippen LogP contribution is -2.00. The van der Waals surface area contributed by atoms with Crippen molar-refractivity contribution in [2.75, 3.05) is 0 Å². The Kier molecular flexibility index (Phi) is 6.61. The molecular formula is C53H34N4. The fraction of sp³-hybridized carbons (Fsp3) is 0. The van der Waals surface area contributed by atoms with Gasteiger partial charge in [-0.2, -0.15) is 0 Å². The van der Waals surface area contributed by atoms with Crippen molar-refractivity contribution >= 4 is 94.1 Å². The summed E-state index contributed by atoms with van der Waals surface area (Å²) in [4.78, 5) is 5.18. The summed E-state index contributed by atoms with van der Waals surface area (Å²) in [6.07, 6.45) is 3.83. The zero-order chi connectivity index (χ0) is 37.8. The Morgan fingerprint density at radius 2 is 0.842 bits per heavy atom. The number of para-hydroxylation sites is 6. The highest BCUT2D eigenvalue weighted by Gasteiger charge is 2.19. The van der Waals surface area contributed by atoms with Crippen LogP contribution >= 0.6 is 0 Å². The van der Waals surface area contributed by atoms with E-state index in [1.165, 1.54) is 43.6 Å². The van der Waals surface area contributed by atoms with Gasteiger partial charge in [-0.3, -0.25) is 4.40 Å². The van der Waals surface area contributed by atoms with Crippen molar-refractivity contribution in [1.29, 1.82) is 0 Å². The Balaban J connectivity index is 1.21. The maximum absolute atomic E-state index is 5.18. The van der Waals surface area contributed by atoms with E-state index in [0.717, 1.165) is 72.0 Å². The lowest BCUT2D eigenvalue weighted by atomic mass is 9.95. The fourth-order valence-corrected chi connectivity index (χ4v) is 9.39. The van der Waals surface area contributed by atoms with Crippen LogP contribution in [-0.2, 0) is 0 Å². The van der Waals surface area contributed by atoms with Crippen molar-refractivity contribution in [3.63, 3.8) is 0 Å². The van der Waals surface area contributed by atoms with Gasteiger partial charge in [0.1, 0.15) is 5.65 Å². The highest BCUT2D eigenvalue weighted by Crippen LogP contribution is 2.40. The highest BCUT2D eigenvalue weighted by molar-refractivity contribution is 6.16. The molecule has 4 nitrogen and oxygen atoms in total. The zero-order valence-electron chi connectivity index (χ0n) is 31.0. The molecular weight excluding hydrogens is 693 g/mol. The second kappa shape index (κ2) is 11.9. The van der Waals surface area contributed by atoms with Gasteiger partial charge in [0.05, 0.1) is 38.6 Å². The molecule has 0 saturated heterocycles. The van der Waals surface area contributed by atoms with E-state index in [1.54, 1.807) is 0 Å². The highest BCUT2D eigenvalue weighted by atomic mass is 15.0. The molecule has 0 amide bonds. The average molecular weight is 727 g/mol. The summed E-state index contributed by atoms with van der Waals surface area (Å²) in [7, 11) is 0. The van der Waals surface area contributed by atoms with Crippen molar-refractivity contribution in [2.45, 2.75) is 0 Å². The smallest absolute Gasteiger partial charge is 0.146 e. The summed E-state index contributed by atoms with van der Waals surface area (Å²) in [5.41, 5.74) is 15.4. The molecule has 0 N–H and O–H groups in total. The molecule has 0 saturated carbocycles. The molecule has 4 heteroatoms. The van der Waals surface area contributed by atoms with Crippen molar-refractivity contribution < 1.29 is 0 Å². The molecule has 4 aromatic heterocycles. The largest absolute Gasteiger partial charge is 0.309 e. The minimum Gasteiger partial charge on any atom is -0.309 e. The van der Waals surface area contributed by atoms with Gasteiger partial charge in [-0.15, -0.1) is 0 Å². The third kappa shape index (κ3) is 4.47. The second-order valence-corrected chi connectivity index (χ2v) is 14.9. The first-order chi connectivity index (χ1) is 28.2. The van der Waals surface area contributed by atoms with Crippen LogP contribution < -0.4 is 0 Å². The van der Waals surface area contributed by atoms with Gasteiger partial charge in [0.15, 0.2) is 0 Å². The van der Waals surface area contributed by atoms with Crippen LogP contribution in [0.5, 0.6) is 0 Å². The summed E-state index contributed by atoms with van der Waals surface area (Å²) in [6, 6.07) is 61.8. The van der Waals surface area contributed by atoms with Crippen LogP contribution in [0.15, 0.2) is 183 Å². The molecule has 266 valence electrons. The number of rotatable bonds is 5. The number of hydrogen-bond donors (Lipinski definition) is 0. The van der Waals surface area contributed by atoms with E-state index in [2.05, 4.69) is 197 Å². The summed E-state index contributed by atoms with van der Waals surface area (Å²) < 4.78 is 7.17. The monoisotopic (exact) mass is 726 g/mol. The third-order valence-electron chi connectivity index (χ3n) is 11.9. The molecule has 8 aromatic carbocycles. The van der Waals surface area contributed by atoms with E-state index >= 15 is 0 Å². The minimum atomic E-state index is 0.937. The van der Waals surface area contributed by atoms with Gasteiger partial charge in [0.25, 0.3) is 0 Å². The van der Waals surface area contributed by atoms with Gasteiger partial charge in [0, 0.05) is 43.7 Å². The van der Waals surface area contributed by atoms with E-state index in [4.69, 9.17) is 4.98 Å². The first-order valence-corrected chi connectivity index (χ1v) is 19.4. The normalized spacial score (nSPS) is 12.0. The number of pyridine rings is 1. The van der Waals surface area contributed by atoms with Gasteiger partial charge in [0.2, 0.25) is 0 Å². The first-order valence-electron chi connectivity index (χ1n) is 19.4. The maximum Gasteiger partial charge on any atom is 0.146 e. The van der Waals surface area contributed by atoms with Gasteiger partial charge in [-0.25, -0.2) is 4.98 Å². The number of benzene rings is 8. The van der Waals surface area contributed by atoms with Crippen molar-refractivity contribution in [3.05, 3.63) is 194 Å². The molecule has 57 heavy (non-hydrogen) atoms. The summed E-state index contributed by atoms with van der Waals surface area (Å²) in [6.45, 7) is 8.31. The van der Waals surface area contributed by atoms with E-state index < -0.39 is 0 Å². The summed E-state index contributed by atoms with van der Waals surface area (Å²) in [5.74, 6) is 0. The quantitative estimate of drug-likeness (QED) is 0.162. The number of fused-ring (bicyclic) bond motifs is 14. The standard InChI is InChI=1S/C53H34N4/c1-3-33-29-43-44-31-35(25-26-51(44)57-52-24-14-9-19-46(52)54-53(57)45(43)30-34(33)4-2)36-27-37(55-47-20-10-5-15-39(47)40-16-6-11-21-48(40)55)32-38(28-36)56-49-22-12-7-17-41(49)42-18-8-13-23-50(42)56/h3-32H,1-2H2. The minimum absolute atomic E-state index is 0.937. The maximum atomic E-state index is 5.18. The number of hydrogen-bond acceptors (Lipinski definition) is 1. The molecule has 0 aliphatic rings. The fourth-order valence-electron chi connectivity index (χ4n) is 9.39. The summed E-state index contributed by atoms with van der Waals surface area (Å²) in [5, 5.41) is 8.32. The SMILES string of the molecule is C=Cc1cc2c3cc(-c4cc(-n5c6ccccc6c6ccccc65)cc(-n5c6ccccc6c6ccccc65)c4)ccc3n3c4ccccc4nc3c2cc1C=C. The Morgan fingerprint density at radius 1 is 0.368 bits per heavy atom. The molecule has 4 heterocycles. The average Bonchev–Trinajstić information content (AvgIpc) is 3.94. The van der Waals surface area contributed by atoms with Crippen LogP contribution in [0.25, 0.3) is 117 Å². The molecule has 0 bridgehead atoms. The van der Waals surface area contributed by atoms with Crippen LogP contribution in [0.3, 0.4) is 0 Å². The molecule has 12 rings (SSSR count). The van der Waals surface area contributed by atoms with Crippen molar-refractivity contribution in [1.82, 2.24) is 18.5 Å². The summed E-state index contributed by atoms with van der Waals surface area (Å²) >= 11 is 0. The lowest BCUT2D eigenvalue weighted by Gasteiger charge is -2.17. The molecule has 0 unspecified atom stereocenters. The number of imidazole rings is 1. The van der Waals surface area contributed by atoms with Crippen LogP contribution in [0, 0.1) is 0 Å². The predicted octanol–water partition coefficient (Wildman–Crippen LogP) is 13.9. The van der Waals surface area contributed by atoms with Gasteiger partial charge >= 0.3 is 0 Å². The van der Waals surface area contributed by atoms with Crippen molar-refractivity contribution in [3.8, 4) is 22.5 Å². The van der Waals surface area contributed by atoms with Crippen molar-refractivity contribution in [2.24, 2.45) is 0 Å². The second-order valence-electron chi connectivity index (χ2n) is 14.9. The molecule has 0 fully saturated rings. The Bertz CT molecular complexity index is 3450. The number of aromatic nitrogens is 4.